The molecular weight excluding hydrogens is 318 g/mol. The fourth-order valence-corrected chi connectivity index (χ4v) is 3.95. The molecule has 1 heterocycles. The SMILES string of the molecule is C=CCS(=O)(=O)N1CCN(C(C(=O)NO)c2ccccc2)CC1. The van der Waals surface area contributed by atoms with E-state index in [2.05, 4.69) is 6.58 Å². The first-order valence-electron chi connectivity index (χ1n) is 7.31. The highest BCUT2D eigenvalue weighted by Crippen LogP contribution is 2.23. The first kappa shape index (κ1) is 17.6. The zero-order chi connectivity index (χ0) is 16.9. The standard InChI is InChI=1S/C15H21N3O4S/c1-2-12-23(21,22)18-10-8-17(9-11-18)14(15(19)16-20)13-6-4-3-5-7-13/h2-7,14,20H,1,8-12H2,(H,16,19). The second kappa shape index (κ2) is 7.69. The molecule has 2 N–H and O–H groups in total. The molecule has 0 radical (unpaired) electrons. The maximum atomic E-state index is 12.0. The van der Waals surface area contributed by atoms with E-state index in [9.17, 15) is 13.2 Å². The number of carbonyl (C=O) groups is 1. The van der Waals surface area contributed by atoms with E-state index in [4.69, 9.17) is 5.21 Å². The summed E-state index contributed by atoms with van der Waals surface area (Å²) in [7, 11) is -3.33. The summed E-state index contributed by atoms with van der Waals surface area (Å²) in [4.78, 5) is 13.9. The largest absolute Gasteiger partial charge is 0.289 e. The number of nitrogens with zero attached hydrogens (tertiary/aromatic N) is 2. The van der Waals surface area contributed by atoms with Crippen molar-refractivity contribution < 1.29 is 18.4 Å². The van der Waals surface area contributed by atoms with Gasteiger partial charge in [-0.3, -0.25) is 14.9 Å². The Bertz CT molecular complexity index is 640. The van der Waals surface area contributed by atoms with E-state index in [-0.39, 0.29) is 5.75 Å². The molecule has 8 heteroatoms. The molecule has 0 bridgehead atoms. The molecule has 126 valence electrons. The molecule has 0 aromatic heterocycles. The molecule has 0 spiro atoms. The van der Waals surface area contributed by atoms with E-state index in [0.717, 1.165) is 5.56 Å². The van der Waals surface area contributed by atoms with Gasteiger partial charge in [0.2, 0.25) is 10.0 Å². The van der Waals surface area contributed by atoms with Crippen molar-refractivity contribution in [2.75, 3.05) is 31.9 Å². The highest BCUT2D eigenvalue weighted by molar-refractivity contribution is 7.89. The van der Waals surface area contributed by atoms with Crippen molar-refractivity contribution in [2.24, 2.45) is 0 Å². The van der Waals surface area contributed by atoms with Crippen molar-refractivity contribution in [3.8, 4) is 0 Å². The quantitative estimate of drug-likeness (QED) is 0.444. The number of piperazine rings is 1. The summed E-state index contributed by atoms with van der Waals surface area (Å²) in [5.41, 5.74) is 2.45. The molecule has 1 unspecified atom stereocenters. The highest BCUT2D eigenvalue weighted by atomic mass is 32.2. The molecule has 1 saturated heterocycles. The zero-order valence-corrected chi connectivity index (χ0v) is 13.6. The van der Waals surface area contributed by atoms with Gasteiger partial charge in [-0.1, -0.05) is 36.4 Å². The normalized spacial score (nSPS) is 18.3. The minimum Gasteiger partial charge on any atom is -0.289 e. The number of benzene rings is 1. The van der Waals surface area contributed by atoms with Crippen molar-refractivity contribution in [3.05, 3.63) is 48.6 Å². The summed E-state index contributed by atoms with van der Waals surface area (Å²) in [5, 5.41) is 9.00. The lowest BCUT2D eigenvalue weighted by atomic mass is 10.0. The average Bonchev–Trinajstić information content (AvgIpc) is 2.56. The Hall–Kier alpha value is -1.74. The molecule has 1 atom stereocenters. The van der Waals surface area contributed by atoms with Crippen LogP contribution in [0, 0.1) is 0 Å². The molecular formula is C15H21N3O4S. The summed E-state index contributed by atoms with van der Waals surface area (Å²) >= 11 is 0. The van der Waals surface area contributed by atoms with Crippen molar-refractivity contribution in [1.29, 1.82) is 0 Å². The molecule has 0 aliphatic carbocycles. The Balaban J connectivity index is 2.12. The maximum Gasteiger partial charge on any atom is 0.265 e. The van der Waals surface area contributed by atoms with Gasteiger partial charge in [-0.15, -0.1) is 6.58 Å². The van der Waals surface area contributed by atoms with Crippen molar-refractivity contribution in [1.82, 2.24) is 14.7 Å². The first-order chi connectivity index (χ1) is 11.0. The second-order valence-corrected chi connectivity index (χ2v) is 7.31. The van der Waals surface area contributed by atoms with Gasteiger partial charge >= 0.3 is 0 Å². The van der Waals surface area contributed by atoms with Gasteiger partial charge in [0.1, 0.15) is 6.04 Å². The van der Waals surface area contributed by atoms with E-state index >= 15 is 0 Å². The third kappa shape index (κ3) is 4.17. The van der Waals surface area contributed by atoms with Gasteiger partial charge < -0.3 is 0 Å². The van der Waals surface area contributed by atoms with E-state index in [0.29, 0.717) is 26.2 Å². The van der Waals surface area contributed by atoms with Crippen LogP contribution in [0.1, 0.15) is 11.6 Å². The Kier molecular flexibility index (Phi) is 5.89. The number of rotatable bonds is 6. The van der Waals surface area contributed by atoms with Gasteiger partial charge in [-0.25, -0.2) is 13.9 Å². The van der Waals surface area contributed by atoms with Crippen LogP contribution >= 0.6 is 0 Å². The smallest absolute Gasteiger partial charge is 0.265 e. The molecule has 1 aromatic carbocycles. The monoisotopic (exact) mass is 339 g/mol. The lowest BCUT2D eigenvalue weighted by molar-refractivity contribution is -0.135. The highest BCUT2D eigenvalue weighted by Gasteiger charge is 2.33. The summed E-state index contributed by atoms with van der Waals surface area (Å²) in [6.45, 7) is 4.88. The van der Waals surface area contributed by atoms with Crippen LogP contribution in [-0.4, -0.2) is 60.7 Å². The van der Waals surface area contributed by atoms with Crippen molar-refractivity contribution >= 4 is 15.9 Å². The number of hydrogen-bond donors (Lipinski definition) is 2. The molecule has 1 amide bonds. The topological polar surface area (TPSA) is 90.0 Å². The predicted octanol–water partition coefficient (Wildman–Crippen LogP) is 0.367. The van der Waals surface area contributed by atoms with Gasteiger partial charge in [0.05, 0.1) is 5.75 Å². The summed E-state index contributed by atoms with van der Waals surface area (Å²) in [6.07, 6.45) is 1.37. The number of hydroxylamine groups is 1. The molecule has 1 aromatic rings. The fourth-order valence-electron chi connectivity index (χ4n) is 2.72. The molecule has 2 rings (SSSR count). The number of carbonyl (C=O) groups excluding carboxylic acids is 1. The maximum absolute atomic E-state index is 12.0. The van der Waals surface area contributed by atoms with Crippen LogP contribution in [-0.2, 0) is 14.8 Å². The van der Waals surface area contributed by atoms with Gasteiger partial charge in [0.25, 0.3) is 5.91 Å². The third-order valence-electron chi connectivity index (χ3n) is 3.83. The van der Waals surface area contributed by atoms with Crippen LogP contribution in [0.2, 0.25) is 0 Å². The van der Waals surface area contributed by atoms with Crippen LogP contribution in [0.25, 0.3) is 0 Å². The average molecular weight is 339 g/mol. The van der Waals surface area contributed by atoms with Crippen LogP contribution in [0.5, 0.6) is 0 Å². The Labute approximate surface area is 136 Å². The molecule has 7 nitrogen and oxygen atoms in total. The van der Waals surface area contributed by atoms with Crippen molar-refractivity contribution in [2.45, 2.75) is 6.04 Å². The van der Waals surface area contributed by atoms with E-state index in [1.54, 1.807) is 17.6 Å². The Morgan fingerprint density at radius 3 is 2.39 bits per heavy atom. The number of amides is 1. The van der Waals surface area contributed by atoms with Crippen LogP contribution in [0.3, 0.4) is 0 Å². The summed E-state index contributed by atoms with van der Waals surface area (Å²) in [6, 6.07) is 8.44. The molecule has 1 aliphatic heterocycles. The lowest BCUT2D eigenvalue weighted by Crippen LogP contribution is -2.52. The van der Waals surface area contributed by atoms with Gasteiger partial charge in [0, 0.05) is 26.2 Å². The first-order valence-corrected chi connectivity index (χ1v) is 8.92. The Morgan fingerprint density at radius 1 is 1.26 bits per heavy atom. The van der Waals surface area contributed by atoms with Crippen LogP contribution < -0.4 is 5.48 Å². The predicted molar refractivity (Wildman–Crippen MR) is 86.2 cm³/mol. The van der Waals surface area contributed by atoms with E-state index < -0.39 is 22.0 Å². The number of hydrogen-bond acceptors (Lipinski definition) is 5. The third-order valence-corrected chi connectivity index (χ3v) is 5.64. The summed E-state index contributed by atoms with van der Waals surface area (Å²) < 4.78 is 25.5. The minimum atomic E-state index is -3.33. The fraction of sp³-hybridized carbons (Fsp3) is 0.400. The van der Waals surface area contributed by atoms with Gasteiger partial charge in [-0.2, -0.15) is 4.31 Å². The minimum absolute atomic E-state index is 0.0910. The van der Waals surface area contributed by atoms with Gasteiger partial charge in [-0.05, 0) is 5.56 Å². The van der Waals surface area contributed by atoms with Gasteiger partial charge in [0.15, 0.2) is 0 Å². The van der Waals surface area contributed by atoms with Crippen molar-refractivity contribution in [3.63, 3.8) is 0 Å². The summed E-state index contributed by atoms with van der Waals surface area (Å²) in [5.74, 6) is -0.620. The second-order valence-electron chi connectivity index (χ2n) is 5.29. The van der Waals surface area contributed by atoms with E-state index in [1.165, 1.54) is 10.4 Å². The van der Waals surface area contributed by atoms with Crippen LogP contribution in [0.15, 0.2) is 43.0 Å². The lowest BCUT2D eigenvalue weighted by Gasteiger charge is -2.37. The molecule has 23 heavy (non-hydrogen) atoms. The van der Waals surface area contributed by atoms with E-state index in [1.807, 2.05) is 23.1 Å². The number of sulfonamides is 1. The molecule has 1 aliphatic rings. The zero-order valence-electron chi connectivity index (χ0n) is 12.8. The molecule has 1 fully saturated rings. The Morgan fingerprint density at radius 2 is 1.87 bits per heavy atom. The van der Waals surface area contributed by atoms with Crippen LogP contribution in [0.4, 0.5) is 0 Å². The molecule has 0 saturated carbocycles. The number of nitrogens with one attached hydrogen (secondary N) is 1.